The minimum absolute atomic E-state index is 0.145. The Morgan fingerprint density at radius 1 is 1.50 bits per heavy atom. The van der Waals surface area contributed by atoms with Gasteiger partial charge in [0.1, 0.15) is 0 Å². The summed E-state index contributed by atoms with van der Waals surface area (Å²) in [5.74, 6) is -0.919. The van der Waals surface area contributed by atoms with Crippen LogP contribution in [0.25, 0.3) is 0 Å². The summed E-state index contributed by atoms with van der Waals surface area (Å²) >= 11 is 3.26. The van der Waals surface area contributed by atoms with E-state index in [1.807, 2.05) is 0 Å². The van der Waals surface area contributed by atoms with E-state index in [-0.39, 0.29) is 6.61 Å². The lowest BCUT2D eigenvalue weighted by Crippen LogP contribution is -2.31. The lowest BCUT2D eigenvalue weighted by Gasteiger charge is -2.15. The van der Waals surface area contributed by atoms with Gasteiger partial charge in [-0.25, -0.2) is 9.18 Å². The predicted octanol–water partition coefficient (Wildman–Crippen LogP) is 2.35. The summed E-state index contributed by atoms with van der Waals surface area (Å²) in [7, 11) is 0. The highest BCUT2D eigenvalue weighted by Crippen LogP contribution is 2.20. The average Bonchev–Trinajstić information content (AvgIpc) is 2.28. The van der Waals surface area contributed by atoms with Gasteiger partial charge in [0.15, 0.2) is 0 Å². The Kier molecular flexibility index (Phi) is 4.89. The van der Waals surface area contributed by atoms with Crippen LogP contribution in [0.4, 0.5) is 4.39 Å². The number of esters is 1. The molecule has 0 heterocycles. The number of carbonyl (C=O) groups is 1. The third-order valence-corrected chi connectivity index (χ3v) is 2.61. The van der Waals surface area contributed by atoms with Crippen molar-refractivity contribution in [2.75, 3.05) is 6.61 Å². The molecule has 0 fully saturated rings. The van der Waals surface area contributed by atoms with Crippen molar-refractivity contribution >= 4 is 21.9 Å². The zero-order valence-corrected chi connectivity index (χ0v) is 10.4. The SMILES string of the molecule is CCOC(=O)C(F)[C@H](N)c1ccc(Br)cc1. The maximum absolute atomic E-state index is 13.6. The molecule has 3 nitrogen and oxygen atoms in total. The van der Waals surface area contributed by atoms with Crippen molar-refractivity contribution in [1.29, 1.82) is 0 Å². The Labute approximate surface area is 102 Å². The molecule has 0 amide bonds. The minimum Gasteiger partial charge on any atom is -0.464 e. The van der Waals surface area contributed by atoms with Gasteiger partial charge < -0.3 is 10.5 Å². The fourth-order valence-corrected chi connectivity index (χ4v) is 1.49. The first-order valence-electron chi connectivity index (χ1n) is 4.88. The second-order valence-electron chi connectivity index (χ2n) is 3.23. The Morgan fingerprint density at radius 3 is 2.56 bits per heavy atom. The molecule has 1 unspecified atom stereocenters. The van der Waals surface area contributed by atoms with E-state index in [4.69, 9.17) is 5.73 Å². The lowest BCUT2D eigenvalue weighted by molar-refractivity contribution is -0.149. The summed E-state index contributed by atoms with van der Waals surface area (Å²) in [6.45, 7) is 1.77. The monoisotopic (exact) mass is 289 g/mol. The van der Waals surface area contributed by atoms with Gasteiger partial charge in [-0.15, -0.1) is 0 Å². The van der Waals surface area contributed by atoms with Crippen molar-refractivity contribution < 1.29 is 13.9 Å². The van der Waals surface area contributed by atoms with Gasteiger partial charge in [-0.2, -0.15) is 0 Å². The molecule has 1 aromatic carbocycles. The molecular formula is C11H13BrFNO2. The van der Waals surface area contributed by atoms with Crippen LogP contribution in [-0.4, -0.2) is 18.7 Å². The smallest absolute Gasteiger partial charge is 0.342 e. The topological polar surface area (TPSA) is 52.3 Å². The van der Waals surface area contributed by atoms with Crippen molar-refractivity contribution in [2.24, 2.45) is 5.73 Å². The Hall–Kier alpha value is -0.940. The summed E-state index contributed by atoms with van der Waals surface area (Å²) in [5.41, 5.74) is 6.19. The summed E-state index contributed by atoms with van der Waals surface area (Å²) in [5, 5.41) is 0. The van der Waals surface area contributed by atoms with E-state index in [9.17, 15) is 9.18 Å². The fourth-order valence-electron chi connectivity index (χ4n) is 1.22. The molecule has 5 heteroatoms. The Balaban J connectivity index is 2.73. The van der Waals surface area contributed by atoms with Gasteiger partial charge in [0.2, 0.25) is 6.17 Å². The van der Waals surface area contributed by atoms with Crippen molar-refractivity contribution in [3.05, 3.63) is 34.3 Å². The van der Waals surface area contributed by atoms with Crippen LogP contribution in [0, 0.1) is 0 Å². The van der Waals surface area contributed by atoms with Gasteiger partial charge in [0.05, 0.1) is 12.6 Å². The van der Waals surface area contributed by atoms with E-state index < -0.39 is 18.2 Å². The molecular weight excluding hydrogens is 277 g/mol. The lowest BCUT2D eigenvalue weighted by atomic mass is 10.0. The third-order valence-electron chi connectivity index (χ3n) is 2.08. The van der Waals surface area contributed by atoms with Crippen molar-refractivity contribution in [3.8, 4) is 0 Å². The van der Waals surface area contributed by atoms with Gasteiger partial charge >= 0.3 is 5.97 Å². The second kappa shape index (κ2) is 5.96. The zero-order valence-electron chi connectivity index (χ0n) is 8.82. The number of halogens is 2. The number of hydrogen-bond donors (Lipinski definition) is 1. The van der Waals surface area contributed by atoms with Crippen LogP contribution in [0.15, 0.2) is 28.7 Å². The van der Waals surface area contributed by atoms with E-state index >= 15 is 0 Å². The molecule has 1 rings (SSSR count). The molecule has 0 aliphatic heterocycles. The maximum atomic E-state index is 13.6. The van der Waals surface area contributed by atoms with Crippen LogP contribution >= 0.6 is 15.9 Å². The second-order valence-corrected chi connectivity index (χ2v) is 4.15. The number of ether oxygens (including phenoxy) is 1. The normalized spacial score (nSPS) is 14.2. The number of alkyl halides is 1. The molecule has 0 aliphatic rings. The minimum atomic E-state index is -1.83. The van der Waals surface area contributed by atoms with Crippen LogP contribution in [0.5, 0.6) is 0 Å². The number of hydrogen-bond acceptors (Lipinski definition) is 3. The first-order chi connectivity index (χ1) is 7.56. The first-order valence-corrected chi connectivity index (χ1v) is 5.67. The van der Waals surface area contributed by atoms with Crippen molar-refractivity contribution in [3.63, 3.8) is 0 Å². The first kappa shape index (κ1) is 13.1. The molecule has 0 radical (unpaired) electrons. The molecule has 0 saturated carbocycles. The average molecular weight is 290 g/mol. The largest absolute Gasteiger partial charge is 0.464 e. The van der Waals surface area contributed by atoms with E-state index in [0.29, 0.717) is 5.56 Å². The predicted molar refractivity (Wildman–Crippen MR) is 62.6 cm³/mol. The molecule has 16 heavy (non-hydrogen) atoms. The van der Waals surface area contributed by atoms with E-state index in [0.717, 1.165) is 4.47 Å². The van der Waals surface area contributed by atoms with Gasteiger partial charge in [-0.1, -0.05) is 28.1 Å². The van der Waals surface area contributed by atoms with Gasteiger partial charge in [-0.05, 0) is 24.6 Å². The molecule has 88 valence electrons. The molecule has 1 aromatic rings. The summed E-state index contributed by atoms with van der Waals surface area (Å²) in [4.78, 5) is 11.1. The molecule has 2 atom stereocenters. The van der Waals surface area contributed by atoms with E-state index in [1.54, 1.807) is 31.2 Å². The summed E-state index contributed by atoms with van der Waals surface area (Å²) < 4.78 is 19.0. The maximum Gasteiger partial charge on any atom is 0.342 e. The molecule has 0 saturated heterocycles. The Morgan fingerprint density at radius 2 is 2.06 bits per heavy atom. The third kappa shape index (κ3) is 3.28. The number of carbonyl (C=O) groups excluding carboxylic acids is 1. The van der Waals surface area contributed by atoms with E-state index in [2.05, 4.69) is 20.7 Å². The summed E-state index contributed by atoms with van der Waals surface area (Å²) in [6.07, 6.45) is -1.83. The van der Waals surface area contributed by atoms with Crippen molar-refractivity contribution in [1.82, 2.24) is 0 Å². The molecule has 0 aliphatic carbocycles. The highest BCUT2D eigenvalue weighted by molar-refractivity contribution is 9.10. The standard InChI is InChI=1S/C11H13BrFNO2/c1-2-16-11(15)9(13)10(14)7-3-5-8(12)6-4-7/h3-6,9-10H,2,14H2,1H3/t9?,10-/m1/s1. The molecule has 0 aromatic heterocycles. The molecule has 0 spiro atoms. The van der Waals surface area contributed by atoms with Crippen LogP contribution in [0.3, 0.4) is 0 Å². The van der Waals surface area contributed by atoms with E-state index in [1.165, 1.54) is 0 Å². The number of rotatable bonds is 4. The van der Waals surface area contributed by atoms with Gasteiger partial charge in [0, 0.05) is 4.47 Å². The van der Waals surface area contributed by atoms with Gasteiger partial charge in [0.25, 0.3) is 0 Å². The highest BCUT2D eigenvalue weighted by atomic mass is 79.9. The molecule has 2 N–H and O–H groups in total. The van der Waals surface area contributed by atoms with Crippen molar-refractivity contribution in [2.45, 2.75) is 19.1 Å². The van der Waals surface area contributed by atoms with Gasteiger partial charge in [-0.3, -0.25) is 0 Å². The number of benzene rings is 1. The zero-order chi connectivity index (χ0) is 12.1. The highest BCUT2D eigenvalue weighted by Gasteiger charge is 2.27. The number of nitrogens with two attached hydrogens (primary N) is 1. The van der Waals surface area contributed by atoms with Crippen LogP contribution in [-0.2, 0) is 9.53 Å². The van der Waals surface area contributed by atoms with Crippen LogP contribution in [0.1, 0.15) is 18.5 Å². The fraction of sp³-hybridized carbons (Fsp3) is 0.364. The molecule has 0 bridgehead atoms. The summed E-state index contributed by atoms with van der Waals surface area (Å²) in [6, 6.07) is 5.83. The van der Waals surface area contributed by atoms with Crippen LogP contribution < -0.4 is 5.73 Å². The quantitative estimate of drug-likeness (QED) is 0.866. The van der Waals surface area contributed by atoms with Crippen LogP contribution in [0.2, 0.25) is 0 Å². The Bertz CT molecular complexity index is 356.